The largest absolute Gasteiger partial charge is 0.302 e. The van der Waals surface area contributed by atoms with Gasteiger partial charge in [-0.2, -0.15) is 0 Å². The zero-order valence-corrected chi connectivity index (χ0v) is 14.0. The highest BCUT2D eigenvalue weighted by Crippen LogP contribution is 2.20. The van der Waals surface area contributed by atoms with Crippen molar-refractivity contribution in [3.05, 3.63) is 34.6 Å². The topological polar surface area (TPSA) is 6.48 Å². The van der Waals surface area contributed by atoms with Gasteiger partial charge in [0.2, 0.25) is 0 Å². The van der Waals surface area contributed by atoms with Crippen LogP contribution in [0.15, 0.2) is 18.2 Å². The lowest BCUT2D eigenvalue weighted by Crippen LogP contribution is -2.43. The quantitative estimate of drug-likeness (QED) is 0.810. The zero-order chi connectivity index (χ0) is 15.4. The molecule has 1 saturated heterocycles. The number of nitrogens with zero attached hydrogens (tertiary/aromatic N) is 2. The van der Waals surface area contributed by atoms with Crippen LogP contribution in [0, 0.1) is 11.7 Å². The van der Waals surface area contributed by atoms with Crippen LogP contribution in [-0.4, -0.2) is 42.5 Å². The van der Waals surface area contributed by atoms with Crippen molar-refractivity contribution in [2.45, 2.75) is 39.3 Å². The summed E-state index contributed by atoms with van der Waals surface area (Å²) in [5.74, 6) is 0.449. The Morgan fingerprint density at radius 1 is 1.38 bits per heavy atom. The molecule has 4 heteroatoms. The molecule has 0 radical (unpaired) electrons. The Morgan fingerprint density at radius 2 is 2.14 bits per heavy atom. The van der Waals surface area contributed by atoms with Gasteiger partial charge >= 0.3 is 0 Å². The van der Waals surface area contributed by atoms with Gasteiger partial charge in [0.05, 0.1) is 0 Å². The fourth-order valence-corrected chi connectivity index (χ4v) is 3.48. The number of piperidine rings is 1. The molecule has 21 heavy (non-hydrogen) atoms. The zero-order valence-electron chi connectivity index (χ0n) is 13.3. The van der Waals surface area contributed by atoms with E-state index >= 15 is 0 Å². The summed E-state index contributed by atoms with van der Waals surface area (Å²) in [6, 6.07) is 5.40. The lowest BCUT2D eigenvalue weighted by molar-refractivity contribution is 0.116. The van der Waals surface area contributed by atoms with Crippen LogP contribution in [0.1, 0.15) is 32.3 Å². The van der Waals surface area contributed by atoms with E-state index in [1.165, 1.54) is 32.0 Å². The van der Waals surface area contributed by atoms with Gasteiger partial charge in [-0.3, -0.25) is 0 Å². The minimum atomic E-state index is -0.255. The van der Waals surface area contributed by atoms with E-state index in [-0.39, 0.29) is 5.82 Å². The highest BCUT2D eigenvalue weighted by atomic mass is 35.5. The van der Waals surface area contributed by atoms with E-state index in [9.17, 15) is 4.39 Å². The normalized spacial score (nSPS) is 20.4. The van der Waals surface area contributed by atoms with Crippen LogP contribution in [0.4, 0.5) is 4.39 Å². The summed E-state index contributed by atoms with van der Waals surface area (Å²) in [4.78, 5) is 4.83. The number of rotatable bonds is 5. The summed E-state index contributed by atoms with van der Waals surface area (Å²) in [5.41, 5.74) is 0.944. The fourth-order valence-electron chi connectivity index (χ4n) is 3.23. The number of benzene rings is 1. The first-order valence-corrected chi connectivity index (χ1v) is 8.19. The number of likely N-dealkylation sites (tertiary alicyclic amines) is 1. The molecule has 1 unspecified atom stereocenters. The van der Waals surface area contributed by atoms with Crippen LogP contribution in [0.25, 0.3) is 0 Å². The van der Waals surface area contributed by atoms with Gasteiger partial charge in [-0.05, 0) is 70.0 Å². The van der Waals surface area contributed by atoms with Crippen LogP contribution < -0.4 is 0 Å². The molecule has 2 nitrogen and oxygen atoms in total. The molecule has 2 rings (SSSR count). The van der Waals surface area contributed by atoms with Gasteiger partial charge in [0.1, 0.15) is 5.82 Å². The summed E-state index contributed by atoms with van der Waals surface area (Å²) in [6.07, 6.45) is 2.57. The lowest BCUT2D eigenvalue weighted by Gasteiger charge is -2.37. The molecular weight excluding hydrogens is 287 g/mol. The van der Waals surface area contributed by atoms with Crippen molar-refractivity contribution in [3.8, 4) is 0 Å². The standard InChI is InChI=1S/C17H26ClFN2/c1-13(2)21-6-4-5-14(12-21)10-20(3)11-15-7-16(18)9-17(19)8-15/h7-9,13-14H,4-6,10-12H2,1-3H3. The van der Waals surface area contributed by atoms with Gasteiger partial charge in [-0.15, -0.1) is 0 Å². The Balaban J connectivity index is 1.87. The molecular formula is C17H26ClFN2. The van der Waals surface area contributed by atoms with Crippen LogP contribution in [0.3, 0.4) is 0 Å². The summed E-state index contributed by atoms with van der Waals surface area (Å²) >= 11 is 5.91. The third-order valence-electron chi connectivity index (χ3n) is 4.23. The van der Waals surface area contributed by atoms with Crippen LogP contribution in [-0.2, 0) is 6.54 Å². The van der Waals surface area contributed by atoms with Gasteiger partial charge in [0.25, 0.3) is 0 Å². The van der Waals surface area contributed by atoms with Crippen molar-refractivity contribution in [2.24, 2.45) is 5.92 Å². The average molecular weight is 313 g/mol. The molecule has 0 amide bonds. The molecule has 1 fully saturated rings. The second kappa shape index (κ2) is 7.57. The summed E-state index contributed by atoms with van der Waals surface area (Å²) in [5, 5.41) is 0.474. The molecule has 118 valence electrons. The van der Waals surface area contributed by atoms with Gasteiger partial charge in [-0.1, -0.05) is 11.6 Å². The maximum Gasteiger partial charge on any atom is 0.125 e. The van der Waals surface area contributed by atoms with Crippen molar-refractivity contribution in [3.63, 3.8) is 0 Å². The SMILES string of the molecule is CC(C)N1CCCC(CN(C)Cc2cc(F)cc(Cl)c2)C1. The Bertz CT molecular complexity index is 444. The van der Waals surface area contributed by atoms with Crippen LogP contribution in [0.5, 0.6) is 0 Å². The highest BCUT2D eigenvalue weighted by molar-refractivity contribution is 6.30. The van der Waals surface area contributed by atoms with Crippen molar-refractivity contribution in [1.29, 1.82) is 0 Å². The molecule has 0 N–H and O–H groups in total. The van der Waals surface area contributed by atoms with E-state index in [1.54, 1.807) is 6.07 Å². The van der Waals surface area contributed by atoms with Crippen LogP contribution in [0.2, 0.25) is 5.02 Å². The van der Waals surface area contributed by atoms with E-state index < -0.39 is 0 Å². The Morgan fingerprint density at radius 3 is 2.81 bits per heavy atom. The lowest BCUT2D eigenvalue weighted by atomic mass is 9.96. The van der Waals surface area contributed by atoms with Crippen molar-refractivity contribution < 1.29 is 4.39 Å². The van der Waals surface area contributed by atoms with E-state index in [4.69, 9.17) is 11.6 Å². The van der Waals surface area contributed by atoms with E-state index in [0.717, 1.165) is 18.7 Å². The number of hydrogen-bond donors (Lipinski definition) is 0. The Kier molecular flexibility index (Phi) is 6.03. The number of halogens is 2. The fraction of sp³-hybridized carbons (Fsp3) is 0.647. The molecule has 0 bridgehead atoms. The maximum absolute atomic E-state index is 13.4. The third kappa shape index (κ3) is 5.24. The maximum atomic E-state index is 13.4. The molecule has 1 aliphatic rings. The Labute approximate surface area is 132 Å². The molecule has 0 aromatic heterocycles. The van der Waals surface area contributed by atoms with Gasteiger partial charge in [0, 0.05) is 30.7 Å². The molecule has 0 aliphatic carbocycles. The molecule has 0 saturated carbocycles. The molecule has 1 aromatic carbocycles. The van der Waals surface area contributed by atoms with Gasteiger partial charge < -0.3 is 9.80 Å². The van der Waals surface area contributed by atoms with Crippen molar-refractivity contribution >= 4 is 11.6 Å². The molecule has 1 aliphatic heterocycles. The summed E-state index contributed by atoms with van der Waals surface area (Å²) in [6.45, 7) is 8.72. The van der Waals surface area contributed by atoms with Crippen molar-refractivity contribution in [2.75, 3.05) is 26.7 Å². The highest BCUT2D eigenvalue weighted by Gasteiger charge is 2.22. The second-order valence-corrected chi connectivity index (χ2v) is 7.01. The minimum Gasteiger partial charge on any atom is -0.302 e. The number of hydrogen-bond acceptors (Lipinski definition) is 2. The molecule has 1 heterocycles. The second-order valence-electron chi connectivity index (χ2n) is 6.57. The molecule has 0 spiro atoms. The van der Waals surface area contributed by atoms with Crippen LogP contribution >= 0.6 is 11.6 Å². The van der Waals surface area contributed by atoms with E-state index in [2.05, 4.69) is 30.7 Å². The smallest absolute Gasteiger partial charge is 0.125 e. The van der Waals surface area contributed by atoms with Crippen molar-refractivity contribution in [1.82, 2.24) is 9.80 Å². The Hall–Kier alpha value is -0.640. The van der Waals surface area contributed by atoms with E-state index in [1.807, 2.05) is 6.07 Å². The van der Waals surface area contributed by atoms with Gasteiger partial charge in [0.15, 0.2) is 0 Å². The summed E-state index contributed by atoms with van der Waals surface area (Å²) < 4.78 is 13.4. The average Bonchev–Trinajstić information content (AvgIpc) is 2.37. The predicted octanol–water partition coefficient (Wildman–Crippen LogP) is 4.03. The first-order valence-electron chi connectivity index (χ1n) is 7.81. The minimum absolute atomic E-state index is 0.255. The van der Waals surface area contributed by atoms with E-state index in [0.29, 0.717) is 17.0 Å². The van der Waals surface area contributed by atoms with Gasteiger partial charge in [-0.25, -0.2) is 4.39 Å². The molecule has 1 atom stereocenters. The first-order chi connectivity index (χ1) is 9.94. The molecule has 1 aromatic rings. The first kappa shape index (κ1) is 16.7. The monoisotopic (exact) mass is 312 g/mol. The summed E-state index contributed by atoms with van der Waals surface area (Å²) in [7, 11) is 2.10. The third-order valence-corrected chi connectivity index (χ3v) is 4.44. The predicted molar refractivity (Wildman–Crippen MR) is 87.2 cm³/mol.